The zero-order valence-corrected chi connectivity index (χ0v) is 13.2. The first-order valence-electron chi connectivity index (χ1n) is 7.40. The predicted molar refractivity (Wildman–Crippen MR) is 80.3 cm³/mol. The fourth-order valence-corrected chi connectivity index (χ4v) is 2.51. The molecule has 1 aliphatic heterocycles. The number of azide groups is 1. The lowest BCUT2D eigenvalue weighted by Gasteiger charge is -2.26. The van der Waals surface area contributed by atoms with Gasteiger partial charge in [-0.25, -0.2) is 9.69 Å². The van der Waals surface area contributed by atoms with Crippen LogP contribution in [0, 0.1) is 5.92 Å². The molecule has 0 saturated carbocycles. The summed E-state index contributed by atoms with van der Waals surface area (Å²) in [5, 5.41) is 2.97. The van der Waals surface area contributed by atoms with Crippen LogP contribution < -0.4 is 0 Å². The fourth-order valence-electron chi connectivity index (χ4n) is 2.51. The van der Waals surface area contributed by atoms with E-state index >= 15 is 0 Å². The van der Waals surface area contributed by atoms with Crippen LogP contribution in [0.1, 0.15) is 12.5 Å². The number of halogens is 3. The fraction of sp³-hybridized carbons (Fsp3) is 0.467. The predicted octanol–water partition coefficient (Wildman–Crippen LogP) is 3.45. The van der Waals surface area contributed by atoms with Gasteiger partial charge in [-0.1, -0.05) is 42.4 Å². The molecule has 134 valence electrons. The zero-order chi connectivity index (χ0) is 18.6. The average Bonchev–Trinajstić information content (AvgIpc) is 2.92. The van der Waals surface area contributed by atoms with Gasteiger partial charge < -0.3 is 4.74 Å². The quantitative estimate of drug-likeness (QED) is 0.459. The summed E-state index contributed by atoms with van der Waals surface area (Å²) in [7, 11) is 0. The van der Waals surface area contributed by atoms with Gasteiger partial charge in [0.05, 0.1) is 12.0 Å². The van der Waals surface area contributed by atoms with Crippen LogP contribution >= 0.6 is 0 Å². The summed E-state index contributed by atoms with van der Waals surface area (Å²) >= 11 is 0. The van der Waals surface area contributed by atoms with Crippen molar-refractivity contribution in [3.8, 4) is 0 Å². The Balaban J connectivity index is 2.26. The van der Waals surface area contributed by atoms with Gasteiger partial charge in [0.1, 0.15) is 12.6 Å². The highest BCUT2D eigenvalue weighted by atomic mass is 19.4. The number of amides is 2. The number of cyclic esters (lactones) is 1. The minimum atomic E-state index is -4.76. The van der Waals surface area contributed by atoms with Gasteiger partial charge in [0, 0.05) is 4.91 Å². The minimum Gasteiger partial charge on any atom is -0.447 e. The number of hydrogen-bond acceptors (Lipinski definition) is 4. The number of carbonyl (C=O) groups is 2. The van der Waals surface area contributed by atoms with E-state index in [1.165, 1.54) is 0 Å². The normalized spacial score (nSPS) is 19.8. The monoisotopic (exact) mass is 356 g/mol. The molecule has 1 heterocycles. The van der Waals surface area contributed by atoms with Gasteiger partial charge in [0.25, 0.3) is 0 Å². The summed E-state index contributed by atoms with van der Waals surface area (Å²) < 4.78 is 43.6. The molecule has 0 N–H and O–H groups in total. The third kappa shape index (κ3) is 4.21. The maximum atomic E-state index is 12.9. The van der Waals surface area contributed by atoms with Crippen molar-refractivity contribution in [2.75, 3.05) is 6.61 Å². The smallest absolute Gasteiger partial charge is 0.416 e. The van der Waals surface area contributed by atoms with E-state index in [0.29, 0.717) is 4.90 Å². The molecule has 7 nitrogen and oxygen atoms in total. The summed E-state index contributed by atoms with van der Waals surface area (Å²) in [6, 6.07) is 5.98. The molecular weight excluding hydrogens is 341 g/mol. The van der Waals surface area contributed by atoms with E-state index in [9.17, 15) is 22.8 Å². The van der Waals surface area contributed by atoms with E-state index in [2.05, 4.69) is 10.0 Å². The SMILES string of the molecule is C[C@H]([C@@H](N=[N+]=[N-])C(=O)N1C(=O)OC[C@@H]1Cc1ccccc1)C(F)(F)F. The van der Waals surface area contributed by atoms with Crippen molar-refractivity contribution < 1.29 is 27.5 Å². The molecular formula is C15H15F3N4O3. The lowest BCUT2D eigenvalue weighted by atomic mass is 9.99. The lowest BCUT2D eigenvalue weighted by molar-refractivity contribution is -0.180. The molecule has 2 amide bonds. The third-order valence-electron chi connectivity index (χ3n) is 3.93. The Hall–Kier alpha value is -2.74. The number of carbonyl (C=O) groups excluding carboxylic acids is 2. The second-order valence-corrected chi connectivity index (χ2v) is 5.61. The maximum absolute atomic E-state index is 12.9. The molecule has 0 unspecified atom stereocenters. The number of rotatable bonds is 5. The lowest BCUT2D eigenvalue weighted by Crippen LogP contribution is -2.49. The van der Waals surface area contributed by atoms with Gasteiger partial charge in [0.15, 0.2) is 0 Å². The molecule has 3 atom stereocenters. The third-order valence-corrected chi connectivity index (χ3v) is 3.93. The molecule has 1 fully saturated rings. The molecule has 1 aliphatic rings. The molecule has 10 heteroatoms. The largest absolute Gasteiger partial charge is 0.447 e. The van der Waals surface area contributed by atoms with Gasteiger partial charge in [-0.2, -0.15) is 13.2 Å². The number of imide groups is 1. The number of hydrogen-bond donors (Lipinski definition) is 0. The molecule has 2 rings (SSSR count). The van der Waals surface area contributed by atoms with Crippen molar-refractivity contribution in [3.63, 3.8) is 0 Å². The van der Waals surface area contributed by atoms with Crippen molar-refractivity contribution in [1.82, 2.24) is 4.90 Å². The zero-order valence-electron chi connectivity index (χ0n) is 13.2. The molecule has 1 aromatic rings. The second-order valence-electron chi connectivity index (χ2n) is 5.61. The Morgan fingerprint density at radius 2 is 2.08 bits per heavy atom. The van der Waals surface area contributed by atoms with Crippen LogP contribution in [0.25, 0.3) is 10.4 Å². The van der Waals surface area contributed by atoms with Crippen LogP contribution in [0.4, 0.5) is 18.0 Å². The van der Waals surface area contributed by atoms with Crippen molar-refractivity contribution in [1.29, 1.82) is 0 Å². The molecule has 25 heavy (non-hydrogen) atoms. The average molecular weight is 356 g/mol. The Morgan fingerprint density at radius 1 is 1.44 bits per heavy atom. The van der Waals surface area contributed by atoms with Gasteiger partial charge in [-0.15, -0.1) is 0 Å². The highest BCUT2D eigenvalue weighted by Crippen LogP contribution is 2.32. The van der Waals surface area contributed by atoms with E-state index in [1.54, 1.807) is 30.3 Å². The number of benzene rings is 1. The Morgan fingerprint density at radius 3 is 2.64 bits per heavy atom. The molecule has 1 saturated heterocycles. The Kier molecular flexibility index (Phi) is 5.53. The van der Waals surface area contributed by atoms with Gasteiger partial charge in [-0.05, 0) is 17.5 Å². The van der Waals surface area contributed by atoms with Gasteiger partial charge >= 0.3 is 12.3 Å². The van der Waals surface area contributed by atoms with Gasteiger partial charge in [0.2, 0.25) is 5.91 Å². The van der Waals surface area contributed by atoms with Crippen LogP contribution in [0.2, 0.25) is 0 Å². The van der Waals surface area contributed by atoms with Gasteiger partial charge in [-0.3, -0.25) is 4.79 Å². The minimum absolute atomic E-state index is 0.136. The molecule has 0 aliphatic carbocycles. The van der Waals surface area contributed by atoms with Crippen LogP contribution in [0.5, 0.6) is 0 Å². The summed E-state index contributed by atoms with van der Waals surface area (Å²) in [4.78, 5) is 27.3. The van der Waals surface area contributed by atoms with E-state index in [4.69, 9.17) is 10.3 Å². The summed E-state index contributed by atoms with van der Waals surface area (Å²) in [6.07, 6.45) is -5.58. The molecule has 0 bridgehead atoms. The summed E-state index contributed by atoms with van der Waals surface area (Å²) in [5.74, 6) is -3.45. The highest BCUT2D eigenvalue weighted by molar-refractivity contribution is 5.96. The van der Waals surface area contributed by atoms with Crippen molar-refractivity contribution in [2.45, 2.75) is 31.6 Å². The van der Waals surface area contributed by atoms with Crippen LogP contribution in [-0.4, -0.2) is 41.8 Å². The molecule has 1 aromatic carbocycles. The molecule has 0 radical (unpaired) electrons. The topological polar surface area (TPSA) is 95.4 Å². The summed E-state index contributed by atoms with van der Waals surface area (Å²) in [5.41, 5.74) is 9.30. The van der Waals surface area contributed by atoms with E-state index < -0.39 is 36.2 Å². The standard InChI is InChI=1S/C15H15F3N4O3/c1-9(15(16,17)18)12(20-21-19)13(23)22-11(8-25-14(22)24)7-10-5-3-2-4-6-10/h2-6,9,11-12H,7-8H2,1H3/t9-,11+,12-/m1/s1. The molecule has 0 spiro atoms. The Bertz CT molecular complexity index is 689. The van der Waals surface area contributed by atoms with Crippen molar-refractivity contribution in [2.24, 2.45) is 11.0 Å². The van der Waals surface area contributed by atoms with Crippen molar-refractivity contribution >= 4 is 12.0 Å². The van der Waals surface area contributed by atoms with Crippen molar-refractivity contribution in [3.05, 3.63) is 46.3 Å². The summed E-state index contributed by atoms with van der Waals surface area (Å²) in [6.45, 7) is 0.591. The van der Waals surface area contributed by atoms with E-state index in [0.717, 1.165) is 12.5 Å². The maximum Gasteiger partial charge on any atom is 0.416 e. The van der Waals surface area contributed by atoms with E-state index in [1.807, 2.05) is 0 Å². The highest BCUT2D eigenvalue weighted by Gasteiger charge is 2.48. The van der Waals surface area contributed by atoms with E-state index in [-0.39, 0.29) is 13.0 Å². The second kappa shape index (κ2) is 7.43. The first-order chi connectivity index (χ1) is 11.8. The number of ether oxygens (including phenoxy) is 1. The first-order valence-corrected chi connectivity index (χ1v) is 7.40. The molecule has 0 aromatic heterocycles. The first kappa shape index (κ1) is 18.6. The Labute approximate surface area is 141 Å². The van der Waals surface area contributed by atoms with Crippen LogP contribution in [0.3, 0.4) is 0 Å². The van der Waals surface area contributed by atoms with Crippen LogP contribution in [0.15, 0.2) is 35.4 Å². The van der Waals surface area contributed by atoms with Crippen LogP contribution in [-0.2, 0) is 16.0 Å². The number of nitrogens with zero attached hydrogens (tertiary/aromatic N) is 4. The number of alkyl halides is 3.